The molecule has 1 atom stereocenters. The Balaban J connectivity index is 1.51. The molecule has 0 bridgehead atoms. The van der Waals surface area contributed by atoms with Gasteiger partial charge >= 0.3 is 0 Å². The molecule has 0 aliphatic carbocycles. The predicted octanol–water partition coefficient (Wildman–Crippen LogP) is 3.10. The summed E-state index contributed by atoms with van der Waals surface area (Å²) in [7, 11) is 0. The van der Waals surface area contributed by atoms with Crippen LogP contribution in [0.5, 0.6) is 0 Å². The maximum absolute atomic E-state index is 9.56. The van der Waals surface area contributed by atoms with Gasteiger partial charge in [-0.05, 0) is 44.7 Å². The third kappa shape index (κ3) is 5.66. The minimum atomic E-state index is 0.265. The van der Waals surface area contributed by atoms with Gasteiger partial charge in [0.25, 0.3) is 0 Å². The van der Waals surface area contributed by atoms with E-state index in [4.69, 9.17) is 0 Å². The standard InChI is InChI=1S/C23H36N4O/c1-3-12-27-20(2)22(17-24-27)18-25-14-15-26(23(19-25)11-16-28)13-7-10-21-8-5-4-6-9-21/h4-6,8-9,17,23,28H,3,7,10-16,18-19H2,1-2H3/t23-/m0/s1. The fourth-order valence-electron chi connectivity index (χ4n) is 4.27. The Bertz CT molecular complexity index is 700. The lowest BCUT2D eigenvalue weighted by molar-refractivity contribution is 0.0546. The summed E-state index contributed by atoms with van der Waals surface area (Å²) in [6.45, 7) is 10.9. The first-order valence-electron chi connectivity index (χ1n) is 10.8. The van der Waals surface area contributed by atoms with Gasteiger partial charge in [0.05, 0.1) is 6.20 Å². The summed E-state index contributed by atoms with van der Waals surface area (Å²) in [6.07, 6.45) is 6.31. The molecule has 0 saturated carbocycles. The highest BCUT2D eigenvalue weighted by molar-refractivity contribution is 5.16. The molecule has 0 spiro atoms. The van der Waals surface area contributed by atoms with Crippen molar-refractivity contribution in [3.63, 3.8) is 0 Å². The van der Waals surface area contributed by atoms with Crippen molar-refractivity contribution in [1.82, 2.24) is 19.6 Å². The monoisotopic (exact) mass is 384 g/mol. The van der Waals surface area contributed by atoms with Crippen LogP contribution in [-0.4, -0.2) is 63.5 Å². The number of benzene rings is 1. The van der Waals surface area contributed by atoms with Crippen LogP contribution in [0, 0.1) is 6.92 Å². The van der Waals surface area contributed by atoms with Gasteiger partial charge in [-0.3, -0.25) is 14.5 Å². The lowest BCUT2D eigenvalue weighted by atomic mass is 10.1. The van der Waals surface area contributed by atoms with Crippen LogP contribution in [-0.2, 0) is 19.5 Å². The molecule has 1 saturated heterocycles. The topological polar surface area (TPSA) is 44.5 Å². The Labute approximate surface area is 170 Å². The maximum Gasteiger partial charge on any atom is 0.0537 e. The summed E-state index contributed by atoms with van der Waals surface area (Å²) in [5.74, 6) is 0. The molecule has 5 nitrogen and oxygen atoms in total. The molecule has 1 aliphatic rings. The molecule has 1 N–H and O–H groups in total. The first-order chi connectivity index (χ1) is 13.7. The van der Waals surface area contributed by atoms with E-state index in [1.54, 1.807) is 0 Å². The summed E-state index contributed by atoms with van der Waals surface area (Å²) in [5, 5.41) is 14.1. The molecule has 1 aliphatic heterocycles. The second-order valence-corrected chi connectivity index (χ2v) is 8.00. The Morgan fingerprint density at radius 3 is 2.71 bits per heavy atom. The van der Waals surface area contributed by atoms with Crippen LogP contribution in [0.3, 0.4) is 0 Å². The van der Waals surface area contributed by atoms with Crippen LogP contribution in [0.25, 0.3) is 0 Å². The highest BCUT2D eigenvalue weighted by atomic mass is 16.3. The number of aliphatic hydroxyl groups is 1. The second kappa shape index (κ2) is 10.7. The van der Waals surface area contributed by atoms with Gasteiger partial charge in [0, 0.05) is 56.6 Å². The van der Waals surface area contributed by atoms with Gasteiger partial charge in [0.1, 0.15) is 0 Å². The number of nitrogens with zero attached hydrogens (tertiary/aromatic N) is 4. The molecule has 0 radical (unpaired) electrons. The molecular weight excluding hydrogens is 348 g/mol. The third-order valence-corrected chi connectivity index (χ3v) is 5.94. The molecule has 0 amide bonds. The number of rotatable bonds is 10. The molecule has 2 aromatic rings. The van der Waals surface area contributed by atoms with Crippen molar-refractivity contribution in [2.75, 3.05) is 32.8 Å². The van der Waals surface area contributed by atoms with E-state index in [9.17, 15) is 5.11 Å². The molecule has 2 heterocycles. The first-order valence-corrected chi connectivity index (χ1v) is 10.8. The molecule has 154 valence electrons. The smallest absolute Gasteiger partial charge is 0.0537 e. The van der Waals surface area contributed by atoms with Gasteiger partial charge in [-0.15, -0.1) is 0 Å². The average molecular weight is 385 g/mol. The van der Waals surface area contributed by atoms with Crippen molar-refractivity contribution in [3.05, 3.63) is 53.3 Å². The van der Waals surface area contributed by atoms with E-state index < -0.39 is 0 Å². The highest BCUT2D eigenvalue weighted by Gasteiger charge is 2.26. The van der Waals surface area contributed by atoms with Gasteiger partial charge in [-0.25, -0.2) is 0 Å². The first kappa shape index (κ1) is 21.0. The van der Waals surface area contributed by atoms with Crippen LogP contribution in [0.15, 0.2) is 36.5 Å². The predicted molar refractivity (Wildman–Crippen MR) is 114 cm³/mol. The van der Waals surface area contributed by atoms with Crippen molar-refractivity contribution >= 4 is 0 Å². The highest BCUT2D eigenvalue weighted by Crippen LogP contribution is 2.18. The van der Waals surface area contributed by atoms with Crippen molar-refractivity contribution in [3.8, 4) is 0 Å². The van der Waals surface area contributed by atoms with Crippen LogP contribution < -0.4 is 0 Å². The summed E-state index contributed by atoms with van der Waals surface area (Å²) < 4.78 is 2.13. The van der Waals surface area contributed by atoms with Gasteiger partial charge in [-0.2, -0.15) is 5.10 Å². The summed E-state index contributed by atoms with van der Waals surface area (Å²) in [6, 6.07) is 11.2. The third-order valence-electron chi connectivity index (χ3n) is 5.94. The van der Waals surface area contributed by atoms with Crippen LogP contribution >= 0.6 is 0 Å². The Hall–Kier alpha value is -1.69. The van der Waals surface area contributed by atoms with Crippen LogP contribution in [0.4, 0.5) is 0 Å². The Kier molecular flexibility index (Phi) is 8.07. The van der Waals surface area contributed by atoms with Gasteiger partial charge in [0.15, 0.2) is 0 Å². The molecule has 3 rings (SSSR count). The van der Waals surface area contributed by atoms with E-state index in [0.717, 1.165) is 58.5 Å². The zero-order chi connectivity index (χ0) is 19.8. The number of aromatic nitrogens is 2. The van der Waals surface area contributed by atoms with Crippen LogP contribution in [0.2, 0.25) is 0 Å². The zero-order valence-corrected chi connectivity index (χ0v) is 17.6. The number of aryl methyl sites for hydroxylation is 2. The molecule has 1 fully saturated rings. The molecule has 1 aromatic heterocycles. The number of hydrogen-bond acceptors (Lipinski definition) is 4. The van der Waals surface area contributed by atoms with E-state index in [-0.39, 0.29) is 6.61 Å². The van der Waals surface area contributed by atoms with Gasteiger partial charge in [0.2, 0.25) is 0 Å². The van der Waals surface area contributed by atoms with Crippen LogP contribution in [0.1, 0.15) is 43.0 Å². The van der Waals surface area contributed by atoms with E-state index in [1.165, 1.54) is 23.2 Å². The number of aliphatic hydroxyl groups excluding tert-OH is 1. The molecule has 1 aromatic carbocycles. The van der Waals surface area contributed by atoms with E-state index >= 15 is 0 Å². The quantitative estimate of drug-likeness (QED) is 0.684. The van der Waals surface area contributed by atoms with Gasteiger partial charge in [-0.1, -0.05) is 37.3 Å². The normalized spacial score (nSPS) is 18.6. The summed E-state index contributed by atoms with van der Waals surface area (Å²) in [5.41, 5.74) is 4.05. The van der Waals surface area contributed by atoms with Gasteiger partial charge < -0.3 is 5.11 Å². The lowest BCUT2D eigenvalue weighted by Gasteiger charge is -2.41. The Morgan fingerprint density at radius 1 is 1.14 bits per heavy atom. The zero-order valence-electron chi connectivity index (χ0n) is 17.6. The van der Waals surface area contributed by atoms with E-state index in [1.807, 2.05) is 6.20 Å². The van der Waals surface area contributed by atoms with E-state index in [0.29, 0.717) is 6.04 Å². The fraction of sp³-hybridized carbons (Fsp3) is 0.609. The number of piperazine rings is 1. The summed E-state index contributed by atoms with van der Waals surface area (Å²) in [4.78, 5) is 5.12. The van der Waals surface area contributed by atoms with Crippen molar-refractivity contribution in [2.45, 2.75) is 58.7 Å². The largest absolute Gasteiger partial charge is 0.396 e. The average Bonchev–Trinajstić information content (AvgIpc) is 3.04. The molecule has 0 unspecified atom stereocenters. The maximum atomic E-state index is 9.56. The van der Waals surface area contributed by atoms with Crippen molar-refractivity contribution < 1.29 is 5.11 Å². The minimum Gasteiger partial charge on any atom is -0.396 e. The molecular formula is C23H36N4O. The minimum absolute atomic E-state index is 0.265. The fourth-order valence-corrected chi connectivity index (χ4v) is 4.27. The van der Waals surface area contributed by atoms with Crippen molar-refractivity contribution in [1.29, 1.82) is 0 Å². The molecule has 28 heavy (non-hydrogen) atoms. The second-order valence-electron chi connectivity index (χ2n) is 8.00. The molecule has 5 heteroatoms. The SMILES string of the molecule is CCCn1ncc(CN2CCN(CCCc3ccccc3)[C@@H](CCO)C2)c1C. The summed E-state index contributed by atoms with van der Waals surface area (Å²) >= 11 is 0. The van der Waals surface area contributed by atoms with Crippen molar-refractivity contribution in [2.24, 2.45) is 0 Å². The van der Waals surface area contributed by atoms with E-state index in [2.05, 4.69) is 63.8 Å². The Morgan fingerprint density at radius 2 is 1.96 bits per heavy atom. The number of hydrogen-bond donors (Lipinski definition) is 1. The lowest BCUT2D eigenvalue weighted by Crippen LogP contribution is -2.53.